The number of amides is 1. The molecule has 0 aliphatic carbocycles. The number of nitrogens with zero attached hydrogens (tertiary/aromatic N) is 1. The van der Waals surface area contributed by atoms with Gasteiger partial charge in [0.2, 0.25) is 5.79 Å². The summed E-state index contributed by atoms with van der Waals surface area (Å²) in [5, 5.41) is 0. The predicted molar refractivity (Wildman–Crippen MR) is 104 cm³/mol. The van der Waals surface area contributed by atoms with Gasteiger partial charge in [0.15, 0.2) is 5.76 Å². The van der Waals surface area contributed by atoms with E-state index < -0.39 is 5.79 Å². The van der Waals surface area contributed by atoms with E-state index in [4.69, 9.17) is 13.9 Å². The van der Waals surface area contributed by atoms with Crippen molar-refractivity contribution in [2.24, 2.45) is 0 Å². The molecule has 1 amide bonds. The van der Waals surface area contributed by atoms with Gasteiger partial charge in [0.05, 0.1) is 12.9 Å². The molecule has 1 saturated heterocycles. The molecule has 0 bridgehead atoms. The third-order valence-corrected chi connectivity index (χ3v) is 5.50. The fourth-order valence-electron chi connectivity index (χ4n) is 3.89. The zero-order valence-corrected chi connectivity index (χ0v) is 15.5. The summed E-state index contributed by atoms with van der Waals surface area (Å²) in [5.74, 6) is 0.516. The summed E-state index contributed by atoms with van der Waals surface area (Å²) >= 11 is 0. The second-order valence-corrected chi connectivity index (χ2v) is 7.26. The maximum atomic E-state index is 12.5. The van der Waals surface area contributed by atoms with Crippen LogP contribution in [0.25, 0.3) is 11.1 Å². The summed E-state index contributed by atoms with van der Waals surface area (Å²) in [7, 11) is 0. The minimum atomic E-state index is -0.652. The zero-order valence-electron chi connectivity index (χ0n) is 15.5. The van der Waals surface area contributed by atoms with Crippen molar-refractivity contribution in [3.63, 3.8) is 0 Å². The highest BCUT2D eigenvalue weighted by atomic mass is 16.7. The number of benzene rings is 2. The molecule has 5 nitrogen and oxygen atoms in total. The van der Waals surface area contributed by atoms with E-state index in [1.165, 1.54) is 11.8 Å². The molecule has 1 fully saturated rings. The van der Waals surface area contributed by atoms with Crippen molar-refractivity contribution in [3.05, 3.63) is 78.3 Å². The highest BCUT2D eigenvalue weighted by Gasteiger charge is 2.42. The Morgan fingerprint density at radius 3 is 2.50 bits per heavy atom. The molecule has 28 heavy (non-hydrogen) atoms. The lowest BCUT2D eigenvalue weighted by molar-refractivity contribution is -0.225. The third kappa shape index (κ3) is 3.08. The molecule has 0 unspecified atom stereocenters. The van der Waals surface area contributed by atoms with Crippen LogP contribution in [0.2, 0.25) is 0 Å². The number of likely N-dealkylation sites (tertiary alicyclic amines) is 1. The molecule has 1 aromatic heterocycles. The van der Waals surface area contributed by atoms with E-state index in [-0.39, 0.29) is 5.91 Å². The fourth-order valence-corrected chi connectivity index (χ4v) is 3.89. The highest BCUT2D eigenvalue weighted by Crippen LogP contribution is 2.39. The topological polar surface area (TPSA) is 51.9 Å². The van der Waals surface area contributed by atoms with Crippen molar-refractivity contribution in [3.8, 4) is 16.9 Å². The number of carbonyl (C=O) groups is 1. The SMILES string of the molecule is O=C(c1ccco1)N1CCC2(CC1)OCc1cc(-c3ccccc3)ccc1O2. The summed E-state index contributed by atoms with van der Waals surface area (Å²) in [6.45, 7) is 1.68. The van der Waals surface area contributed by atoms with Gasteiger partial charge >= 0.3 is 0 Å². The van der Waals surface area contributed by atoms with Crippen molar-refractivity contribution in [1.29, 1.82) is 0 Å². The van der Waals surface area contributed by atoms with Crippen molar-refractivity contribution < 1.29 is 18.7 Å². The van der Waals surface area contributed by atoms with Gasteiger partial charge < -0.3 is 18.8 Å². The quantitative estimate of drug-likeness (QED) is 0.662. The summed E-state index contributed by atoms with van der Waals surface area (Å²) in [5.41, 5.74) is 3.39. The molecule has 2 aliphatic heterocycles. The number of fused-ring (bicyclic) bond motifs is 1. The summed E-state index contributed by atoms with van der Waals surface area (Å²) < 4.78 is 17.7. The van der Waals surface area contributed by atoms with Crippen molar-refractivity contribution >= 4 is 5.91 Å². The van der Waals surface area contributed by atoms with Gasteiger partial charge in [-0.1, -0.05) is 36.4 Å². The van der Waals surface area contributed by atoms with Crippen molar-refractivity contribution in [2.75, 3.05) is 13.1 Å². The van der Waals surface area contributed by atoms with E-state index in [1.54, 1.807) is 17.0 Å². The molecule has 5 rings (SSSR count). The molecule has 3 aromatic rings. The highest BCUT2D eigenvalue weighted by molar-refractivity contribution is 5.91. The van der Waals surface area contributed by atoms with Crippen LogP contribution >= 0.6 is 0 Å². The van der Waals surface area contributed by atoms with Gasteiger partial charge in [0, 0.05) is 31.5 Å². The monoisotopic (exact) mass is 375 g/mol. The van der Waals surface area contributed by atoms with Crippen molar-refractivity contribution in [1.82, 2.24) is 4.90 Å². The van der Waals surface area contributed by atoms with Crippen LogP contribution in [0.3, 0.4) is 0 Å². The molecule has 1 spiro atoms. The van der Waals surface area contributed by atoms with E-state index in [0.29, 0.717) is 38.3 Å². The molecular weight excluding hydrogens is 354 g/mol. The van der Waals surface area contributed by atoms with Crippen LogP contribution in [-0.4, -0.2) is 29.7 Å². The first-order valence-corrected chi connectivity index (χ1v) is 9.57. The summed E-state index contributed by atoms with van der Waals surface area (Å²) in [6, 6.07) is 20.0. The lowest BCUT2D eigenvalue weighted by atomic mass is 9.99. The van der Waals surface area contributed by atoms with E-state index >= 15 is 0 Å². The first kappa shape index (κ1) is 17.1. The molecule has 142 valence electrons. The van der Waals surface area contributed by atoms with Crippen LogP contribution in [0.15, 0.2) is 71.3 Å². The molecule has 0 saturated carbocycles. The van der Waals surface area contributed by atoms with Gasteiger partial charge in [-0.3, -0.25) is 4.79 Å². The van der Waals surface area contributed by atoms with Crippen LogP contribution in [-0.2, 0) is 11.3 Å². The van der Waals surface area contributed by atoms with E-state index in [0.717, 1.165) is 16.9 Å². The van der Waals surface area contributed by atoms with Gasteiger partial charge in [-0.25, -0.2) is 0 Å². The average Bonchev–Trinajstić information content (AvgIpc) is 3.29. The zero-order chi connectivity index (χ0) is 19.0. The maximum Gasteiger partial charge on any atom is 0.289 e. The standard InChI is InChI=1S/C23H21NO4/c25-22(21-7-4-14-26-21)24-12-10-23(11-13-24)27-16-19-15-18(8-9-20(19)28-23)17-5-2-1-3-6-17/h1-9,14-15H,10-13,16H2. The second kappa shape index (κ2) is 6.84. The number of carbonyl (C=O) groups excluding carboxylic acids is 1. The number of hydrogen-bond donors (Lipinski definition) is 0. The minimum Gasteiger partial charge on any atom is -0.462 e. The Bertz CT molecular complexity index is 973. The van der Waals surface area contributed by atoms with Gasteiger partial charge in [-0.2, -0.15) is 0 Å². The fraction of sp³-hybridized carbons (Fsp3) is 0.261. The predicted octanol–water partition coefficient (Wildman–Crippen LogP) is 4.49. The van der Waals surface area contributed by atoms with Crippen molar-refractivity contribution in [2.45, 2.75) is 25.2 Å². The van der Waals surface area contributed by atoms with Gasteiger partial charge in [0.25, 0.3) is 5.91 Å². The Morgan fingerprint density at radius 2 is 1.75 bits per heavy atom. The Balaban J connectivity index is 1.29. The summed E-state index contributed by atoms with van der Waals surface area (Å²) in [6.07, 6.45) is 2.80. The van der Waals surface area contributed by atoms with Crippen LogP contribution in [0, 0.1) is 0 Å². The second-order valence-electron chi connectivity index (χ2n) is 7.26. The Labute approximate surface area is 163 Å². The summed E-state index contributed by atoms with van der Waals surface area (Å²) in [4.78, 5) is 14.2. The number of rotatable bonds is 2. The van der Waals surface area contributed by atoms with Gasteiger partial charge in [-0.15, -0.1) is 0 Å². The molecule has 2 aliphatic rings. The first-order chi connectivity index (χ1) is 13.7. The van der Waals surface area contributed by atoms with Gasteiger partial charge in [-0.05, 0) is 35.4 Å². The Hall–Kier alpha value is -3.05. The lowest BCUT2D eigenvalue weighted by Crippen LogP contribution is -2.52. The lowest BCUT2D eigenvalue weighted by Gasteiger charge is -2.43. The first-order valence-electron chi connectivity index (χ1n) is 9.57. The minimum absolute atomic E-state index is 0.0800. The number of hydrogen-bond acceptors (Lipinski definition) is 4. The molecule has 3 heterocycles. The largest absolute Gasteiger partial charge is 0.462 e. The molecule has 2 aromatic carbocycles. The molecule has 0 atom stereocenters. The normalized spacial score (nSPS) is 17.8. The molecular formula is C23H21NO4. The Kier molecular flexibility index (Phi) is 4.17. The molecule has 0 radical (unpaired) electrons. The van der Waals surface area contributed by atoms with E-state index in [2.05, 4.69) is 24.3 Å². The van der Waals surface area contributed by atoms with E-state index in [1.807, 2.05) is 24.3 Å². The maximum absolute atomic E-state index is 12.5. The van der Waals surface area contributed by atoms with E-state index in [9.17, 15) is 4.79 Å². The number of piperidine rings is 1. The molecule has 5 heteroatoms. The van der Waals surface area contributed by atoms with Crippen LogP contribution in [0.4, 0.5) is 0 Å². The Morgan fingerprint density at radius 1 is 0.929 bits per heavy atom. The molecule has 0 N–H and O–H groups in total. The number of furan rings is 1. The number of ether oxygens (including phenoxy) is 2. The third-order valence-electron chi connectivity index (χ3n) is 5.50. The van der Waals surface area contributed by atoms with Crippen LogP contribution in [0.1, 0.15) is 29.0 Å². The van der Waals surface area contributed by atoms with Crippen LogP contribution < -0.4 is 4.74 Å². The smallest absolute Gasteiger partial charge is 0.289 e. The van der Waals surface area contributed by atoms with Crippen LogP contribution in [0.5, 0.6) is 5.75 Å². The average molecular weight is 375 g/mol. The van der Waals surface area contributed by atoms with Gasteiger partial charge in [0.1, 0.15) is 5.75 Å².